The number of aliphatic hydroxyl groups is 1. The Kier molecular flexibility index (Phi) is 6.19. The zero-order valence-corrected chi connectivity index (χ0v) is 14.5. The molecule has 0 aromatic heterocycles. The lowest BCUT2D eigenvalue weighted by atomic mass is 9.98. The molecule has 0 atom stereocenters. The number of methoxy groups -OCH3 is 1. The molecule has 0 saturated heterocycles. The van der Waals surface area contributed by atoms with E-state index in [1.54, 1.807) is 19.1 Å². The summed E-state index contributed by atoms with van der Waals surface area (Å²) in [6.45, 7) is 1.98. The monoisotopic (exact) mass is 374 g/mol. The average Bonchev–Trinajstić information content (AvgIpc) is 2.55. The fourth-order valence-electron chi connectivity index (χ4n) is 2.47. The first kappa shape index (κ1) is 19.4. The van der Waals surface area contributed by atoms with Gasteiger partial charge in [0.1, 0.15) is 11.5 Å². The van der Waals surface area contributed by atoms with Crippen LogP contribution in [0.5, 0.6) is 11.5 Å². The van der Waals surface area contributed by atoms with E-state index in [0.717, 1.165) is 11.6 Å². The predicted molar refractivity (Wildman–Crippen MR) is 90.4 cm³/mol. The minimum atomic E-state index is -4.57. The summed E-state index contributed by atoms with van der Waals surface area (Å²) in [6, 6.07) is 7.12. The number of benzene rings is 2. The number of rotatable bonds is 6. The highest BCUT2D eigenvalue weighted by Crippen LogP contribution is 2.44. The number of aliphatic hydroxyl groups excluding tert-OH is 1. The summed E-state index contributed by atoms with van der Waals surface area (Å²) in [5, 5.41) is 8.52. The third-order valence-corrected chi connectivity index (χ3v) is 3.97. The van der Waals surface area contributed by atoms with Gasteiger partial charge in [-0.3, -0.25) is 0 Å². The van der Waals surface area contributed by atoms with E-state index < -0.39 is 11.7 Å². The fraction of sp³-hybridized carbons (Fsp3) is 0.333. The maximum atomic E-state index is 13.2. The first-order valence-electron chi connectivity index (χ1n) is 7.58. The molecule has 25 heavy (non-hydrogen) atoms. The van der Waals surface area contributed by atoms with Crippen molar-refractivity contribution in [3.05, 3.63) is 46.5 Å². The van der Waals surface area contributed by atoms with Crippen LogP contribution in [0.25, 0.3) is 11.1 Å². The number of hydrogen-bond donors (Lipinski definition) is 1. The zero-order valence-electron chi connectivity index (χ0n) is 13.8. The van der Waals surface area contributed by atoms with Gasteiger partial charge in [-0.1, -0.05) is 23.7 Å². The quantitative estimate of drug-likeness (QED) is 0.714. The van der Waals surface area contributed by atoms with E-state index in [1.165, 1.54) is 19.2 Å². The highest BCUT2D eigenvalue weighted by molar-refractivity contribution is 6.31. The molecule has 0 aliphatic rings. The van der Waals surface area contributed by atoms with Gasteiger partial charge >= 0.3 is 6.18 Å². The second-order valence-electron chi connectivity index (χ2n) is 5.41. The van der Waals surface area contributed by atoms with E-state index in [-0.39, 0.29) is 23.8 Å². The summed E-state index contributed by atoms with van der Waals surface area (Å²) >= 11 is 5.71. The summed E-state index contributed by atoms with van der Waals surface area (Å²) < 4.78 is 50.6. The van der Waals surface area contributed by atoms with E-state index >= 15 is 0 Å². The molecule has 0 heterocycles. The number of hydrogen-bond acceptors (Lipinski definition) is 3. The van der Waals surface area contributed by atoms with E-state index in [2.05, 4.69) is 0 Å². The zero-order chi connectivity index (χ0) is 18.6. The van der Waals surface area contributed by atoms with Crippen molar-refractivity contribution in [3.63, 3.8) is 0 Å². The Morgan fingerprint density at radius 3 is 2.48 bits per heavy atom. The number of ether oxygens (including phenoxy) is 2. The summed E-state index contributed by atoms with van der Waals surface area (Å²) in [5.74, 6) is 0.809. The van der Waals surface area contributed by atoms with Crippen molar-refractivity contribution in [2.75, 3.05) is 20.3 Å². The Morgan fingerprint density at radius 1 is 1.16 bits per heavy atom. The van der Waals surface area contributed by atoms with Crippen LogP contribution in [0.3, 0.4) is 0 Å². The molecule has 0 aliphatic carbocycles. The molecule has 136 valence electrons. The van der Waals surface area contributed by atoms with Gasteiger partial charge in [0.2, 0.25) is 0 Å². The van der Waals surface area contributed by atoms with Crippen LogP contribution in [0.15, 0.2) is 30.3 Å². The summed E-state index contributed by atoms with van der Waals surface area (Å²) in [5.41, 5.74) is 0.547. The Morgan fingerprint density at radius 2 is 1.88 bits per heavy atom. The SMILES string of the molecule is COc1c(C)ccc(OCCCO)c1-c1ccc(Cl)c(C(F)(F)F)c1. The molecule has 2 rings (SSSR count). The van der Waals surface area contributed by atoms with Crippen molar-refractivity contribution >= 4 is 11.6 Å². The fourth-order valence-corrected chi connectivity index (χ4v) is 2.69. The Labute approximate surface area is 148 Å². The van der Waals surface area contributed by atoms with Crippen molar-refractivity contribution in [2.24, 2.45) is 0 Å². The van der Waals surface area contributed by atoms with Gasteiger partial charge in [0, 0.05) is 13.0 Å². The second-order valence-corrected chi connectivity index (χ2v) is 5.81. The Bertz CT molecular complexity index is 745. The molecule has 0 bridgehead atoms. The molecule has 2 aromatic rings. The van der Waals surface area contributed by atoms with Gasteiger partial charge in [-0.05, 0) is 36.2 Å². The van der Waals surface area contributed by atoms with E-state index in [4.69, 9.17) is 26.2 Å². The highest BCUT2D eigenvalue weighted by atomic mass is 35.5. The van der Waals surface area contributed by atoms with Crippen LogP contribution in [0.2, 0.25) is 5.02 Å². The van der Waals surface area contributed by atoms with Gasteiger partial charge in [0.25, 0.3) is 0 Å². The average molecular weight is 375 g/mol. The summed E-state index contributed by atoms with van der Waals surface area (Å²) in [6.07, 6.45) is -4.16. The predicted octanol–water partition coefficient (Wildman–Crippen LogP) is 5.10. The summed E-state index contributed by atoms with van der Waals surface area (Å²) in [4.78, 5) is 0. The van der Waals surface area contributed by atoms with E-state index in [9.17, 15) is 13.2 Å². The first-order chi connectivity index (χ1) is 11.8. The molecule has 0 fully saturated rings. The lowest BCUT2D eigenvalue weighted by molar-refractivity contribution is -0.137. The van der Waals surface area contributed by atoms with Crippen molar-refractivity contribution < 1.29 is 27.8 Å². The van der Waals surface area contributed by atoms with Crippen molar-refractivity contribution in [3.8, 4) is 22.6 Å². The maximum absolute atomic E-state index is 13.2. The van der Waals surface area contributed by atoms with Gasteiger partial charge in [-0.25, -0.2) is 0 Å². The van der Waals surface area contributed by atoms with Gasteiger partial charge in [-0.15, -0.1) is 0 Å². The lowest BCUT2D eigenvalue weighted by Crippen LogP contribution is -2.07. The van der Waals surface area contributed by atoms with Crippen molar-refractivity contribution in [1.29, 1.82) is 0 Å². The van der Waals surface area contributed by atoms with Crippen LogP contribution < -0.4 is 9.47 Å². The van der Waals surface area contributed by atoms with Gasteiger partial charge in [0.15, 0.2) is 0 Å². The molecule has 2 aromatic carbocycles. The van der Waals surface area contributed by atoms with Gasteiger partial charge in [-0.2, -0.15) is 13.2 Å². The molecule has 0 amide bonds. The molecule has 0 saturated carbocycles. The molecule has 7 heteroatoms. The van der Waals surface area contributed by atoms with E-state index in [1.807, 2.05) is 0 Å². The number of halogens is 4. The first-order valence-corrected chi connectivity index (χ1v) is 7.95. The molecule has 0 spiro atoms. The van der Waals surface area contributed by atoms with Crippen LogP contribution in [-0.4, -0.2) is 25.4 Å². The second kappa shape index (κ2) is 7.97. The van der Waals surface area contributed by atoms with Gasteiger partial charge < -0.3 is 14.6 Å². The molecule has 0 aliphatic heterocycles. The van der Waals surface area contributed by atoms with Crippen LogP contribution in [0, 0.1) is 6.92 Å². The van der Waals surface area contributed by atoms with Crippen LogP contribution >= 0.6 is 11.6 Å². The molecule has 1 N–H and O–H groups in total. The molecule has 0 radical (unpaired) electrons. The minimum absolute atomic E-state index is 0.0442. The third kappa shape index (κ3) is 4.38. The number of alkyl halides is 3. The highest BCUT2D eigenvalue weighted by Gasteiger charge is 2.34. The van der Waals surface area contributed by atoms with E-state index in [0.29, 0.717) is 23.5 Å². The molecular weight excluding hydrogens is 357 g/mol. The topological polar surface area (TPSA) is 38.7 Å². The lowest BCUT2D eigenvalue weighted by Gasteiger charge is -2.18. The van der Waals surface area contributed by atoms with Gasteiger partial charge in [0.05, 0.1) is 29.9 Å². The van der Waals surface area contributed by atoms with Crippen LogP contribution in [0.1, 0.15) is 17.5 Å². The molecule has 3 nitrogen and oxygen atoms in total. The van der Waals surface area contributed by atoms with Crippen molar-refractivity contribution in [1.82, 2.24) is 0 Å². The number of aryl methyl sites for hydroxylation is 1. The smallest absolute Gasteiger partial charge is 0.417 e. The van der Waals surface area contributed by atoms with Crippen LogP contribution in [0.4, 0.5) is 13.2 Å². The normalized spacial score (nSPS) is 11.5. The van der Waals surface area contributed by atoms with Crippen LogP contribution in [-0.2, 0) is 6.18 Å². The minimum Gasteiger partial charge on any atom is -0.496 e. The third-order valence-electron chi connectivity index (χ3n) is 3.64. The molecule has 0 unspecified atom stereocenters. The standard InChI is InChI=1S/C18H18ClF3O3/c1-11-4-7-15(25-9-3-8-23)16(17(11)24-2)12-5-6-14(19)13(10-12)18(20,21)22/h4-7,10,23H,3,8-9H2,1-2H3. The molecular formula is C18H18ClF3O3. The Hall–Kier alpha value is -1.92. The Balaban J connectivity index is 2.62. The largest absolute Gasteiger partial charge is 0.496 e. The maximum Gasteiger partial charge on any atom is 0.417 e. The summed E-state index contributed by atoms with van der Waals surface area (Å²) in [7, 11) is 1.45. The van der Waals surface area contributed by atoms with Crippen molar-refractivity contribution in [2.45, 2.75) is 19.5 Å².